The lowest BCUT2D eigenvalue weighted by Crippen LogP contribution is -2.40. The third kappa shape index (κ3) is 6.43. The predicted octanol–water partition coefficient (Wildman–Crippen LogP) is 4.00. The maximum atomic E-state index is 10.6. The topological polar surface area (TPSA) is 73.0 Å². The average molecular weight is 528 g/mol. The molecule has 0 aliphatic heterocycles. The number of nitrogens with one attached hydrogen (secondary N) is 2. The highest BCUT2D eigenvalue weighted by atomic mass is 127. The first kappa shape index (κ1) is 23.7. The lowest BCUT2D eigenvalue weighted by atomic mass is 10.2. The fourth-order valence-electron chi connectivity index (χ4n) is 2.97. The van der Waals surface area contributed by atoms with Crippen LogP contribution < -0.4 is 10.6 Å². The molecule has 2 aromatic heterocycles. The van der Waals surface area contributed by atoms with E-state index >= 15 is 0 Å². The van der Waals surface area contributed by atoms with Crippen molar-refractivity contribution in [2.45, 2.75) is 19.1 Å². The zero-order chi connectivity index (χ0) is 19.9. The van der Waals surface area contributed by atoms with Gasteiger partial charge in [-0.2, -0.15) is 0 Å². The summed E-state index contributed by atoms with van der Waals surface area (Å²) in [7, 11) is 4.02. The molecule has 3 rings (SSSR count). The number of benzene rings is 1. The van der Waals surface area contributed by atoms with Gasteiger partial charge in [0.2, 0.25) is 0 Å². The van der Waals surface area contributed by atoms with Gasteiger partial charge in [0.1, 0.15) is 11.9 Å². The summed E-state index contributed by atoms with van der Waals surface area (Å²) in [5.74, 6) is 1.57. The van der Waals surface area contributed by atoms with Crippen LogP contribution >= 0.6 is 35.3 Å². The highest BCUT2D eigenvalue weighted by molar-refractivity contribution is 14.0. The number of aliphatic imine (C=N–C) groups is 1. The van der Waals surface area contributed by atoms with Crippen molar-refractivity contribution in [3.63, 3.8) is 0 Å². The lowest BCUT2D eigenvalue weighted by molar-refractivity contribution is 0.184. The van der Waals surface area contributed by atoms with Gasteiger partial charge in [0.15, 0.2) is 5.96 Å². The van der Waals surface area contributed by atoms with E-state index in [2.05, 4.69) is 38.7 Å². The first-order valence-electron chi connectivity index (χ1n) is 9.47. The van der Waals surface area contributed by atoms with Crippen molar-refractivity contribution in [3.8, 4) is 0 Å². The SMILES string of the molecule is CCNC(=NCC(c1ccco1)N(C)C)NCC(O)c1cc2ccccc2s1.I. The number of rotatable bonds is 8. The Bertz CT molecular complexity index is 862. The van der Waals surface area contributed by atoms with Gasteiger partial charge in [-0.1, -0.05) is 18.2 Å². The minimum absolute atomic E-state index is 0. The van der Waals surface area contributed by atoms with Crippen molar-refractivity contribution in [2.24, 2.45) is 4.99 Å². The summed E-state index contributed by atoms with van der Waals surface area (Å²) in [5, 5.41) is 18.2. The molecule has 29 heavy (non-hydrogen) atoms. The Balaban J connectivity index is 0.00000300. The Morgan fingerprint density at radius 1 is 1.21 bits per heavy atom. The van der Waals surface area contributed by atoms with Crippen LogP contribution in [-0.4, -0.2) is 49.7 Å². The third-order valence-electron chi connectivity index (χ3n) is 4.50. The summed E-state index contributed by atoms with van der Waals surface area (Å²) in [6.07, 6.45) is 1.09. The lowest BCUT2D eigenvalue weighted by Gasteiger charge is -2.21. The van der Waals surface area contributed by atoms with Gasteiger partial charge in [0.05, 0.1) is 18.8 Å². The zero-order valence-electron chi connectivity index (χ0n) is 17.0. The minimum Gasteiger partial charge on any atom is -0.468 e. The number of furan rings is 1. The van der Waals surface area contributed by atoms with Crippen LogP contribution in [-0.2, 0) is 0 Å². The molecular formula is C21H29IN4O2S. The molecule has 0 aliphatic rings. The van der Waals surface area contributed by atoms with Crippen LogP contribution in [0.3, 0.4) is 0 Å². The summed E-state index contributed by atoms with van der Waals surface area (Å²) in [6, 6.07) is 14.1. The third-order valence-corrected chi connectivity index (χ3v) is 5.71. The highest BCUT2D eigenvalue weighted by Gasteiger charge is 2.17. The Morgan fingerprint density at radius 3 is 2.66 bits per heavy atom. The second kappa shape index (κ2) is 11.5. The molecule has 0 saturated carbocycles. The molecule has 0 aliphatic carbocycles. The van der Waals surface area contributed by atoms with E-state index in [0.29, 0.717) is 19.0 Å². The van der Waals surface area contributed by atoms with Gasteiger partial charge in [-0.05, 0) is 50.7 Å². The monoisotopic (exact) mass is 528 g/mol. The molecule has 0 spiro atoms. The molecule has 0 bridgehead atoms. The van der Waals surface area contributed by atoms with Crippen LogP contribution in [0.2, 0.25) is 0 Å². The van der Waals surface area contributed by atoms with E-state index in [-0.39, 0.29) is 30.0 Å². The van der Waals surface area contributed by atoms with Gasteiger partial charge >= 0.3 is 0 Å². The number of fused-ring (bicyclic) bond motifs is 1. The van der Waals surface area contributed by atoms with Crippen LogP contribution in [0, 0.1) is 0 Å². The number of hydrogen-bond acceptors (Lipinski definition) is 5. The molecule has 3 N–H and O–H groups in total. The van der Waals surface area contributed by atoms with Gasteiger partial charge < -0.3 is 20.2 Å². The number of nitrogens with zero attached hydrogens (tertiary/aromatic N) is 2. The van der Waals surface area contributed by atoms with E-state index in [1.54, 1.807) is 17.6 Å². The molecule has 0 radical (unpaired) electrons. The summed E-state index contributed by atoms with van der Waals surface area (Å²) in [4.78, 5) is 7.72. The average Bonchev–Trinajstić information content (AvgIpc) is 3.35. The molecule has 8 heteroatoms. The fraction of sp³-hybridized carbons (Fsp3) is 0.381. The maximum Gasteiger partial charge on any atom is 0.191 e. The zero-order valence-corrected chi connectivity index (χ0v) is 20.1. The molecule has 0 saturated heterocycles. The van der Waals surface area contributed by atoms with E-state index in [0.717, 1.165) is 22.6 Å². The van der Waals surface area contributed by atoms with Crippen molar-refractivity contribution < 1.29 is 9.52 Å². The standard InChI is InChI=1S/C21H28N4O2S.HI/c1-4-22-21(23-13-16(25(2)3)18-9-7-11-27-18)24-14-17(26)20-12-15-8-5-6-10-19(15)28-20;/h5-12,16-17,26H,4,13-14H2,1-3H3,(H2,22,23,24);1H. The summed E-state index contributed by atoms with van der Waals surface area (Å²) in [6.45, 7) is 3.72. The van der Waals surface area contributed by atoms with Crippen molar-refractivity contribution in [2.75, 3.05) is 33.7 Å². The Morgan fingerprint density at radius 2 is 2.00 bits per heavy atom. The van der Waals surface area contributed by atoms with E-state index in [1.165, 1.54) is 4.70 Å². The molecule has 0 amide bonds. The van der Waals surface area contributed by atoms with Gasteiger partial charge in [0, 0.05) is 22.7 Å². The quantitative estimate of drug-likeness (QED) is 0.234. The van der Waals surface area contributed by atoms with Gasteiger partial charge in [-0.25, -0.2) is 0 Å². The van der Waals surface area contributed by atoms with E-state index in [4.69, 9.17) is 4.42 Å². The number of guanidine groups is 1. The number of likely N-dealkylation sites (N-methyl/N-ethyl adjacent to an activating group) is 1. The Hall–Kier alpha value is -1.62. The largest absolute Gasteiger partial charge is 0.468 e. The van der Waals surface area contributed by atoms with Crippen LogP contribution in [0.15, 0.2) is 58.1 Å². The molecular weight excluding hydrogens is 499 g/mol. The van der Waals surface area contributed by atoms with Gasteiger partial charge in [-0.3, -0.25) is 9.89 Å². The van der Waals surface area contributed by atoms with Crippen molar-refractivity contribution >= 4 is 51.4 Å². The van der Waals surface area contributed by atoms with E-state index in [9.17, 15) is 5.11 Å². The molecule has 6 nitrogen and oxygen atoms in total. The first-order chi connectivity index (χ1) is 13.6. The second-order valence-corrected chi connectivity index (χ2v) is 7.91. The molecule has 2 atom stereocenters. The summed E-state index contributed by atoms with van der Waals surface area (Å²) in [5.41, 5.74) is 0. The number of aliphatic hydroxyl groups excluding tert-OH is 1. The maximum absolute atomic E-state index is 10.6. The molecule has 2 heterocycles. The Labute approximate surface area is 193 Å². The van der Waals surface area contributed by atoms with Gasteiger partial charge in [0.25, 0.3) is 0 Å². The molecule has 158 valence electrons. The molecule has 2 unspecified atom stereocenters. The Kier molecular flexibility index (Phi) is 9.41. The van der Waals surface area contributed by atoms with Gasteiger partial charge in [-0.15, -0.1) is 35.3 Å². The van der Waals surface area contributed by atoms with Crippen molar-refractivity contribution in [3.05, 3.63) is 59.4 Å². The number of halogens is 1. The number of aliphatic hydroxyl groups is 1. The highest BCUT2D eigenvalue weighted by Crippen LogP contribution is 2.29. The fourth-order valence-corrected chi connectivity index (χ4v) is 4.02. The second-order valence-electron chi connectivity index (χ2n) is 6.80. The van der Waals surface area contributed by atoms with Crippen molar-refractivity contribution in [1.82, 2.24) is 15.5 Å². The van der Waals surface area contributed by atoms with Crippen LogP contribution in [0.5, 0.6) is 0 Å². The number of thiophene rings is 1. The van der Waals surface area contributed by atoms with Crippen LogP contribution in [0.25, 0.3) is 10.1 Å². The summed E-state index contributed by atoms with van der Waals surface area (Å²) >= 11 is 1.62. The number of hydrogen-bond donors (Lipinski definition) is 3. The molecule has 3 aromatic rings. The normalized spacial score (nSPS) is 13.9. The first-order valence-corrected chi connectivity index (χ1v) is 10.3. The van der Waals surface area contributed by atoms with E-state index < -0.39 is 6.10 Å². The summed E-state index contributed by atoms with van der Waals surface area (Å²) < 4.78 is 6.73. The molecule has 0 fully saturated rings. The van der Waals surface area contributed by atoms with Crippen molar-refractivity contribution in [1.29, 1.82) is 0 Å². The molecule has 1 aromatic carbocycles. The smallest absolute Gasteiger partial charge is 0.191 e. The van der Waals surface area contributed by atoms with E-state index in [1.807, 2.05) is 45.3 Å². The van der Waals surface area contributed by atoms with Crippen LogP contribution in [0.4, 0.5) is 0 Å². The van der Waals surface area contributed by atoms with Crippen LogP contribution in [0.1, 0.15) is 29.7 Å². The predicted molar refractivity (Wildman–Crippen MR) is 131 cm³/mol. The minimum atomic E-state index is -0.587.